The number of carboxylic acid groups (broad SMARTS) is 1. The van der Waals surface area contributed by atoms with Crippen LogP contribution in [0.1, 0.15) is 51.5 Å². The molecule has 0 spiro atoms. The average molecular weight is 548 g/mol. The first kappa shape index (κ1) is 31.3. The molecular formula is C26H41N7O6. The smallest absolute Gasteiger partial charge is 0.326 e. The van der Waals surface area contributed by atoms with Crippen molar-refractivity contribution in [3.8, 4) is 5.75 Å². The predicted octanol–water partition coefficient (Wildman–Crippen LogP) is -0.675. The normalized spacial score (nSPS) is 17.1. The lowest BCUT2D eigenvalue weighted by Gasteiger charge is -2.26. The Labute approximate surface area is 228 Å². The van der Waals surface area contributed by atoms with Crippen LogP contribution in [0.25, 0.3) is 0 Å². The van der Waals surface area contributed by atoms with Crippen molar-refractivity contribution in [2.75, 3.05) is 13.1 Å². The van der Waals surface area contributed by atoms with Crippen LogP contribution in [0.5, 0.6) is 5.75 Å². The summed E-state index contributed by atoms with van der Waals surface area (Å²) in [4.78, 5) is 55.0. The summed E-state index contributed by atoms with van der Waals surface area (Å²) in [7, 11) is 0. The van der Waals surface area contributed by atoms with Gasteiger partial charge in [0.2, 0.25) is 17.7 Å². The molecule has 13 heteroatoms. The molecule has 10 N–H and O–H groups in total. The molecule has 0 radical (unpaired) electrons. The van der Waals surface area contributed by atoms with Gasteiger partial charge >= 0.3 is 5.97 Å². The quantitative estimate of drug-likeness (QED) is 0.0791. The van der Waals surface area contributed by atoms with Gasteiger partial charge in [-0.2, -0.15) is 0 Å². The van der Waals surface area contributed by atoms with E-state index in [1.54, 1.807) is 12.1 Å². The molecule has 1 aliphatic heterocycles. The molecule has 1 heterocycles. The zero-order valence-electron chi connectivity index (χ0n) is 22.5. The second-order valence-corrected chi connectivity index (χ2v) is 10.1. The third-order valence-corrected chi connectivity index (χ3v) is 6.29. The highest BCUT2D eigenvalue weighted by Gasteiger charge is 2.32. The SMILES string of the molecule is CC(C)CC(NC(=O)C(Cc1ccc(O)cc1)NC(=O)C1CCCN1)C(=O)NC(CCCN=C(N)N)C(=O)O. The molecule has 0 bridgehead atoms. The molecule has 1 fully saturated rings. The van der Waals surface area contributed by atoms with Gasteiger partial charge in [-0.15, -0.1) is 0 Å². The molecule has 2 rings (SSSR count). The van der Waals surface area contributed by atoms with Crippen molar-refractivity contribution in [1.82, 2.24) is 21.3 Å². The van der Waals surface area contributed by atoms with E-state index in [0.29, 0.717) is 24.9 Å². The van der Waals surface area contributed by atoms with Crippen molar-refractivity contribution < 1.29 is 29.4 Å². The van der Waals surface area contributed by atoms with E-state index < -0.39 is 42.0 Å². The third kappa shape index (κ3) is 11.2. The van der Waals surface area contributed by atoms with Gasteiger partial charge in [-0.25, -0.2) is 4.79 Å². The number of carboxylic acids is 1. The number of benzene rings is 1. The Hall–Kier alpha value is -3.87. The first-order valence-corrected chi connectivity index (χ1v) is 13.2. The van der Waals surface area contributed by atoms with Crippen molar-refractivity contribution in [3.63, 3.8) is 0 Å². The van der Waals surface area contributed by atoms with Gasteiger partial charge in [0.25, 0.3) is 0 Å². The van der Waals surface area contributed by atoms with Crippen molar-refractivity contribution in [1.29, 1.82) is 0 Å². The Bertz CT molecular complexity index is 1000. The second-order valence-electron chi connectivity index (χ2n) is 10.1. The minimum Gasteiger partial charge on any atom is -0.508 e. The summed E-state index contributed by atoms with van der Waals surface area (Å²) in [5.74, 6) is -2.79. The molecule has 0 aliphatic carbocycles. The van der Waals surface area contributed by atoms with Crippen LogP contribution in [0.4, 0.5) is 0 Å². The van der Waals surface area contributed by atoms with Crippen LogP contribution < -0.4 is 32.7 Å². The number of guanidine groups is 1. The molecule has 4 unspecified atom stereocenters. The van der Waals surface area contributed by atoms with Gasteiger partial charge < -0.3 is 42.9 Å². The number of amides is 3. The number of nitrogens with two attached hydrogens (primary N) is 2. The molecule has 1 aliphatic rings. The number of aliphatic imine (C=N–C) groups is 1. The number of aromatic hydroxyl groups is 1. The number of hydrogen-bond donors (Lipinski definition) is 8. The fraction of sp³-hybridized carbons (Fsp3) is 0.577. The van der Waals surface area contributed by atoms with Crippen LogP contribution in [0.2, 0.25) is 0 Å². The lowest BCUT2D eigenvalue weighted by atomic mass is 10.00. The van der Waals surface area contributed by atoms with Crippen LogP contribution in [0, 0.1) is 5.92 Å². The first-order chi connectivity index (χ1) is 18.5. The van der Waals surface area contributed by atoms with E-state index in [9.17, 15) is 29.4 Å². The summed E-state index contributed by atoms with van der Waals surface area (Å²) < 4.78 is 0. The zero-order chi connectivity index (χ0) is 28.9. The van der Waals surface area contributed by atoms with Gasteiger partial charge in [0, 0.05) is 13.0 Å². The lowest BCUT2D eigenvalue weighted by molar-refractivity contribution is -0.142. The van der Waals surface area contributed by atoms with E-state index >= 15 is 0 Å². The van der Waals surface area contributed by atoms with Crippen LogP contribution in [0.3, 0.4) is 0 Å². The average Bonchev–Trinajstić information content (AvgIpc) is 3.41. The van der Waals surface area contributed by atoms with Gasteiger partial charge in [0.15, 0.2) is 5.96 Å². The van der Waals surface area contributed by atoms with Crippen molar-refractivity contribution in [2.45, 2.75) is 76.5 Å². The van der Waals surface area contributed by atoms with Crippen LogP contribution in [-0.2, 0) is 25.6 Å². The van der Waals surface area contributed by atoms with E-state index in [2.05, 4.69) is 26.3 Å². The van der Waals surface area contributed by atoms with Gasteiger partial charge in [0.1, 0.15) is 23.9 Å². The van der Waals surface area contributed by atoms with Gasteiger partial charge in [-0.1, -0.05) is 26.0 Å². The van der Waals surface area contributed by atoms with Crippen LogP contribution in [-0.4, -0.2) is 77.1 Å². The van der Waals surface area contributed by atoms with Crippen molar-refractivity contribution in [2.24, 2.45) is 22.4 Å². The Morgan fingerprint density at radius 3 is 2.23 bits per heavy atom. The highest BCUT2D eigenvalue weighted by Crippen LogP contribution is 2.13. The second kappa shape index (κ2) is 15.5. The van der Waals surface area contributed by atoms with E-state index in [4.69, 9.17) is 11.5 Å². The molecule has 216 valence electrons. The number of carbonyl (C=O) groups excluding carboxylic acids is 3. The van der Waals surface area contributed by atoms with Gasteiger partial charge in [-0.05, 0) is 62.3 Å². The minimum atomic E-state index is -1.22. The molecule has 0 aromatic heterocycles. The van der Waals surface area contributed by atoms with Crippen molar-refractivity contribution >= 4 is 29.7 Å². The minimum absolute atomic E-state index is 0.000904. The number of nitrogens with one attached hydrogen (secondary N) is 4. The largest absolute Gasteiger partial charge is 0.508 e. The summed E-state index contributed by atoms with van der Waals surface area (Å²) in [6.07, 6.45) is 2.29. The van der Waals surface area contributed by atoms with E-state index in [1.807, 2.05) is 13.8 Å². The molecular weight excluding hydrogens is 506 g/mol. The molecule has 1 aromatic carbocycles. The number of rotatable bonds is 15. The zero-order valence-corrected chi connectivity index (χ0v) is 22.5. The van der Waals surface area contributed by atoms with E-state index in [1.165, 1.54) is 12.1 Å². The molecule has 13 nitrogen and oxygen atoms in total. The predicted molar refractivity (Wildman–Crippen MR) is 146 cm³/mol. The fourth-order valence-corrected chi connectivity index (χ4v) is 4.27. The van der Waals surface area contributed by atoms with Crippen LogP contribution >= 0.6 is 0 Å². The summed E-state index contributed by atoms with van der Waals surface area (Å²) >= 11 is 0. The summed E-state index contributed by atoms with van der Waals surface area (Å²) in [5, 5.41) is 30.3. The Kier molecular flexibility index (Phi) is 12.5. The third-order valence-electron chi connectivity index (χ3n) is 6.29. The topological polar surface area (TPSA) is 221 Å². The molecule has 4 atom stereocenters. The Morgan fingerprint density at radius 1 is 1.03 bits per heavy atom. The molecule has 1 saturated heterocycles. The Morgan fingerprint density at radius 2 is 1.67 bits per heavy atom. The highest BCUT2D eigenvalue weighted by atomic mass is 16.4. The summed E-state index contributed by atoms with van der Waals surface area (Å²) in [6, 6.07) is 2.63. The number of nitrogens with zero attached hydrogens (tertiary/aromatic N) is 1. The van der Waals surface area contributed by atoms with E-state index in [0.717, 1.165) is 6.42 Å². The number of carbonyl (C=O) groups is 4. The highest BCUT2D eigenvalue weighted by molar-refractivity contribution is 5.94. The molecule has 1 aromatic rings. The number of aliphatic carboxylic acids is 1. The lowest BCUT2D eigenvalue weighted by Crippen LogP contribution is -2.57. The standard InChI is InChI=1S/C26H41N7O6/c1-15(2)13-20(23(36)31-19(25(38)39)6-4-12-30-26(27)28)32-24(37)21(14-16-7-9-17(34)10-8-16)33-22(35)18-5-3-11-29-18/h7-10,15,18-21,29,34H,3-6,11-14H2,1-2H3,(H,31,36)(H,32,37)(H,33,35)(H,38,39)(H4,27,28,30). The Balaban J connectivity index is 2.15. The maximum atomic E-state index is 13.4. The maximum absolute atomic E-state index is 13.4. The summed E-state index contributed by atoms with van der Waals surface area (Å²) in [5.41, 5.74) is 11.3. The molecule has 3 amide bonds. The first-order valence-electron chi connectivity index (χ1n) is 13.2. The van der Waals surface area contributed by atoms with Gasteiger partial charge in [-0.3, -0.25) is 19.4 Å². The monoisotopic (exact) mass is 547 g/mol. The maximum Gasteiger partial charge on any atom is 0.326 e. The number of phenolic OH excluding ortho intramolecular Hbond substituents is 1. The van der Waals surface area contributed by atoms with E-state index in [-0.39, 0.29) is 49.3 Å². The summed E-state index contributed by atoms with van der Waals surface area (Å²) in [6.45, 7) is 4.67. The van der Waals surface area contributed by atoms with Crippen molar-refractivity contribution in [3.05, 3.63) is 29.8 Å². The molecule has 0 saturated carbocycles. The van der Waals surface area contributed by atoms with Crippen LogP contribution in [0.15, 0.2) is 29.3 Å². The molecule has 39 heavy (non-hydrogen) atoms. The fourth-order valence-electron chi connectivity index (χ4n) is 4.27. The number of phenols is 1. The van der Waals surface area contributed by atoms with Gasteiger partial charge in [0.05, 0.1) is 6.04 Å². The number of hydrogen-bond acceptors (Lipinski definition) is 7.